The molecule has 0 saturated heterocycles. The molecule has 0 spiro atoms. The monoisotopic (exact) mass is 236 g/mol. The first-order chi connectivity index (χ1) is 8.15. The third kappa shape index (κ3) is 4.22. The van der Waals surface area contributed by atoms with Crippen molar-refractivity contribution in [2.45, 2.75) is 26.2 Å². The number of rotatable bonds is 6. The zero-order valence-electron chi connectivity index (χ0n) is 9.77. The van der Waals surface area contributed by atoms with Crippen molar-refractivity contribution in [3.05, 3.63) is 29.6 Å². The van der Waals surface area contributed by atoms with E-state index in [-0.39, 0.29) is 17.0 Å². The molecule has 0 atom stereocenters. The van der Waals surface area contributed by atoms with Crippen molar-refractivity contribution < 1.29 is 14.7 Å². The second-order valence-electron chi connectivity index (χ2n) is 3.73. The van der Waals surface area contributed by atoms with Crippen LogP contribution < -0.4 is 5.32 Å². The quantitative estimate of drug-likeness (QED) is 0.737. The van der Waals surface area contributed by atoms with Crippen LogP contribution >= 0.6 is 0 Å². The molecule has 0 aliphatic rings. The van der Waals surface area contributed by atoms with Gasteiger partial charge in [-0.2, -0.15) is 0 Å². The molecule has 17 heavy (non-hydrogen) atoms. The van der Waals surface area contributed by atoms with Gasteiger partial charge in [-0.1, -0.05) is 19.8 Å². The van der Waals surface area contributed by atoms with Crippen molar-refractivity contribution in [3.8, 4) is 0 Å². The van der Waals surface area contributed by atoms with Gasteiger partial charge in [0.05, 0.1) is 11.1 Å². The van der Waals surface area contributed by atoms with Crippen molar-refractivity contribution in [2.75, 3.05) is 6.54 Å². The number of aromatic carboxylic acids is 1. The maximum absolute atomic E-state index is 11.6. The molecule has 0 saturated carbocycles. The lowest BCUT2D eigenvalue weighted by Crippen LogP contribution is -2.24. The summed E-state index contributed by atoms with van der Waals surface area (Å²) in [5.41, 5.74) is 0.299. The average Bonchev–Trinajstić information content (AvgIpc) is 2.34. The molecule has 1 amide bonds. The van der Waals surface area contributed by atoms with Crippen molar-refractivity contribution >= 4 is 11.9 Å². The van der Waals surface area contributed by atoms with E-state index in [2.05, 4.69) is 17.2 Å². The summed E-state index contributed by atoms with van der Waals surface area (Å²) in [6.45, 7) is 2.69. The van der Waals surface area contributed by atoms with Gasteiger partial charge in [-0.15, -0.1) is 0 Å². The predicted molar refractivity (Wildman–Crippen MR) is 63.1 cm³/mol. The number of hydrogen-bond donors (Lipinski definition) is 2. The van der Waals surface area contributed by atoms with Crippen LogP contribution in [0.2, 0.25) is 0 Å². The Morgan fingerprint density at radius 1 is 1.29 bits per heavy atom. The van der Waals surface area contributed by atoms with Gasteiger partial charge in [0.25, 0.3) is 5.91 Å². The molecule has 0 bridgehead atoms. The summed E-state index contributed by atoms with van der Waals surface area (Å²) in [6.07, 6.45) is 5.66. The van der Waals surface area contributed by atoms with Gasteiger partial charge in [0.15, 0.2) is 0 Å². The molecule has 2 N–H and O–H groups in total. The van der Waals surface area contributed by atoms with E-state index in [4.69, 9.17) is 5.11 Å². The van der Waals surface area contributed by atoms with Gasteiger partial charge in [-0.25, -0.2) is 4.79 Å². The molecule has 92 valence electrons. The highest BCUT2D eigenvalue weighted by atomic mass is 16.4. The number of hydrogen-bond acceptors (Lipinski definition) is 3. The number of carboxylic acids is 1. The van der Waals surface area contributed by atoms with E-state index >= 15 is 0 Å². The van der Waals surface area contributed by atoms with E-state index in [9.17, 15) is 9.59 Å². The zero-order chi connectivity index (χ0) is 12.7. The molecule has 0 aromatic carbocycles. The minimum Gasteiger partial charge on any atom is -0.478 e. The average molecular weight is 236 g/mol. The minimum absolute atomic E-state index is 0.0196. The number of aromatic nitrogens is 1. The van der Waals surface area contributed by atoms with Crippen LogP contribution in [0.4, 0.5) is 0 Å². The number of pyridine rings is 1. The molecule has 1 aromatic heterocycles. The molecule has 1 aromatic rings. The number of carbonyl (C=O) groups is 2. The Labute approximate surface area is 99.9 Å². The fraction of sp³-hybridized carbons (Fsp3) is 0.417. The lowest BCUT2D eigenvalue weighted by Gasteiger charge is -2.04. The molecule has 1 rings (SSSR count). The normalized spacial score (nSPS) is 9.94. The summed E-state index contributed by atoms with van der Waals surface area (Å²) >= 11 is 0. The number of carboxylic acid groups (broad SMARTS) is 1. The van der Waals surface area contributed by atoms with Crippen LogP contribution in [-0.4, -0.2) is 28.5 Å². The van der Waals surface area contributed by atoms with Crippen LogP contribution in [-0.2, 0) is 0 Å². The van der Waals surface area contributed by atoms with E-state index in [1.165, 1.54) is 18.5 Å². The summed E-state index contributed by atoms with van der Waals surface area (Å²) < 4.78 is 0. The van der Waals surface area contributed by atoms with E-state index in [0.29, 0.717) is 6.54 Å². The third-order valence-corrected chi connectivity index (χ3v) is 2.31. The van der Waals surface area contributed by atoms with Gasteiger partial charge in [-0.3, -0.25) is 9.78 Å². The fourth-order valence-electron chi connectivity index (χ4n) is 1.36. The van der Waals surface area contributed by atoms with Gasteiger partial charge in [-0.05, 0) is 12.5 Å². The molecule has 0 fully saturated rings. The number of unbranched alkanes of at least 4 members (excludes halogenated alkanes) is 2. The predicted octanol–water partition coefficient (Wildman–Crippen LogP) is 1.70. The van der Waals surface area contributed by atoms with Crippen molar-refractivity contribution in [1.29, 1.82) is 0 Å². The van der Waals surface area contributed by atoms with Gasteiger partial charge in [0, 0.05) is 18.9 Å². The highest BCUT2D eigenvalue weighted by Gasteiger charge is 2.09. The van der Waals surface area contributed by atoms with E-state index in [0.717, 1.165) is 19.3 Å². The van der Waals surface area contributed by atoms with E-state index < -0.39 is 5.97 Å². The summed E-state index contributed by atoms with van der Waals surface area (Å²) in [5, 5.41) is 11.5. The van der Waals surface area contributed by atoms with Gasteiger partial charge in [0.2, 0.25) is 0 Å². The topological polar surface area (TPSA) is 79.3 Å². The van der Waals surface area contributed by atoms with Crippen LogP contribution in [0.3, 0.4) is 0 Å². The maximum atomic E-state index is 11.6. The first kappa shape index (κ1) is 13.2. The molecule has 0 aliphatic carbocycles. The van der Waals surface area contributed by atoms with Crippen LogP contribution in [0.25, 0.3) is 0 Å². The summed E-state index contributed by atoms with van der Waals surface area (Å²) in [4.78, 5) is 26.1. The van der Waals surface area contributed by atoms with Crippen LogP contribution in [0.15, 0.2) is 18.5 Å². The van der Waals surface area contributed by atoms with Crippen molar-refractivity contribution in [3.63, 3.8) is 0 Å². The van der Waals surface area contributed by atoms with Crippen LogP contribution in [0, 0.1) is 0 Å². The van der Waals surface area contributed by atoms with E-state index in [1.807, 2.05) is 0 Å². The Hall–Kier alpha value is -1.91. The Balaban J connectivity index is 2.56. The van der Waals surface area contributed by atoms with Crippen LogP contribution in [0.5, 0.6) is 0 Å². The SMILES string of the molecule is CCCCCNC(=O)c1cncc(C(=O)O)c1. The fourth-order valence-corrected chi connectivity index (χ4v) is 1.36. The highest BCUT2D eigenvalue weighted by molar-refractivity contribution is 5.96. The number of nitrogens with zero attached hydrogens (tertiary/aromatic N) is 1. The molecule has 5 nitrogen and oxygen atoms in total. The van der Waals surface area contributed by atoms with E-state index in [1.54, 1.807) is 0 Å². The second-order valence-corrected chi connectivity index (χ2v) is 3.73. The van der Waals surface area contributed by atoms with Crippen molar-refractivity contribution in [2.24, 2.45) is 0 Å². The molecule has 5 heteroatoms. The van der Waals surface area contributed by atoms with Gasteiger partial charge >= 0.3 is 5.97 Å². The molecule has 0 radical (unpaired) electrons. The molecular weight excluding hydrogens is 220 g/mol. The van der Waals surface area contributed by atoms with Gasteiger partial charge in [0.1, 0.15) is 0 Å². The number of carbonyl (C=O) groups excluding carboxylic acids is 1. The molecular formula is C12H16N2O3. The summed E-state index contributed by atoms with van der Waals surface area (Å²) in [5.74, 6) is -1.37. The maximum Gasteiger partial charge on any atom is 0.337 e. The van der Waals surface area contributed by atoms with Crippen LogP contribution in [0.1, 0.15) is 46.9 Å². The van der Waals surface area contributed by atoms with Gasteiger partial charge < -0.3 is 10.4 Å². The third-order valence-electron chi connectivity index (χ3n) is 2.31. The highest BCUT2D eigenvalue weighted by Crippen LogP contribution is 2.03. The lowest BCUT2D eigenvalue weighted by atomic mass is 10.2. The Bertz CT molecular complexity index is 404. The number of nitrogens with one attached hydrogen (secondary N) is 1. The minimum atomic E-state index is -1.09. The number of amides is 1. The molecule has 1 heterocycles. The first-order valence-corrected chi connectivity index (χ1v) is 5.61. The molecule has 0 unspecified atom stereocenters. The smallest absolute Gasteiger partial charge is 0.337 e. The van der Waals surface area contributed by atoms with Crippen molar-refractivity contribution in [1.82, 2.24) is 10.3 Å². The Morgan fingerprint density at radius 2 is 2.00 bits per heavy atom. The first-order valence-electron chi connectivity index (χ1n) is 5.61. The second kappa shape index (κ2) is 6.62. The Morgan fingerprint density at radius 3 is 2.65 bits per heavy atom. The lowest BCUT2D eigenvalue weighted by molar-refractivity contribution is 0.0696. The Kier molecular flexibility index (Phi) is 5.13. The summed E-state index contributed by atoms with van der Waals surface area (Å²) in [7, 11) is 0. The molecule has 0 aliphatic heterocycles. The summed E-state index contributed by atoms with van der Waals surface area (Å²) in [6, 6.07) is 1.32. The zero-order valence-corrected chi connectivity index (χ0v) is 9.77. The standard InChI is InChI=1S/C12H16N2O3/c1-2-3-4-5-14-11(15)9-6-10(12(16)17)8-13-7-9/h6-8H,2-5H2,1H3,(H,14,15)(H,16,17). The largest absolute Gasteiger partial charge is 0.478 e.